The molecule has 0 spiro atoms. The molecule has 0 aliphatic rings. The predicted octanol–water partition coefficient (Wildman–Crippen LogP) is 3.23. The maximum atomic E-state index is 6.28. The predicted molar refractivity (Wildman–Crippen MR) is 84.1 cm³/mol. The van der Waals surface area contributed by atoms with Gasteiger partial charge in [-0.3, -0.25) is 4.68 Å². The van der Waals surface area contributed by atoms with Crippen LogP contribution < -0.4 is 5.73 Å². The van der Waals surface area contributed by atoms with Gasteiger partial charge in [-0.15, -0.1) is 0 Å². The second-order valence-electron chi connectivity index (χ2n) is 5.06. The summed E-state index contributed by atoms with van der Waals surface area (Å²) < 4.78 is 2.05. The Morgan fingerprint density at radius 2 is 2.00 bits per heavy atom. The molecule has 1 unspecified atom stereocenters. The van der Waals surface area contributed by atoms with E-state index in [0.29, 0.717) is 0 Å². The summed E-state index contributed by atoms with van der Waals surface area (Å²) in [5.74, 6) is 0. The number of benzene rings is 1. The Bertz CT molecular complexity index is 563. The van der Waals surface area contributed by atoms with Gasteiger partial charge in [-0.05, 0) is 37.5 Å². The van der Waals surface area contributed by atoms with Crippen LogP contribution in [-0.2, 0) is 25.8 Å². The molecule has 4 heteroatoms. The van der Waals surface area contributed by atoms with Crippen molar-refractivity contribution in [2.24, 2.45) is 5.73 Å². The van der Waals surface area contributed by atoms with Crippen LogP contribution in [0.5, 0.6) is 0 Å². The summed E-state index contributed by atoms with van der Waals surface area (Å²) >= 11 is 6.18. The van der Waals surface area contributed by atoms with Gasteiger partial charge < -0.3 is 5.73 Å². The monoisotopic (exact) mass is 291 g/mol. The lowest BCUT2D eigenvalue weighted by molar-refractivity contribution is 0.573. The molecule has 2 rings (SSSR count). The van der Waals surface area contributed by atoms with Crippen molar-refractivity contribution in [3.8, 4) is 0 Å². The second kappa shape index (κ2) is 6.91. The minimum absolute atomic E-state index is 0.0570. The Kier molecular flexibility index (Phi) is 5.21. The molecule has 1 aromatic carbocycles. The fraction of sp³-hybridized carbons (Fsp3) is 0.438. The van der Waals surface area contributed by atoms with Gasteiger partial charge in [-0.1, -0.05) is 36.7 Å². The molecule has 0 saturated carbocycles. The topological polar surface area (TPSA) is 43.8 Å². The Labute approximate surface area is 125 Å². The molecule has 0 bridgehead atoms. The molecule has 108 valence electrons. The lowest BCUT2D eigenvalue weighted by atomic mass is 10.0. The molecule has 0 aliphatic carbocycles. The summed E-state index contributed by atoms with van der Waals surface area (Å²) in [6.45, 7) is 5.11. The average molecular weight is 292 g/mol. The van der Waals surface area contributed by atoms with Crippen LogP contribution in [-0.4, -0.2) is 15.8 Å². The highest BCUT2D eigenvalue weighted by molar-refractivity contribution is 6.31. The molecule has 2 aromatic rings. The van der Waals surface area contributed by atoms with E-state index in [1.807, 2.05) is 28.9 Å². The maximum absolute atomic E-state index is 6.28. The van der Waals surface area contributed by atoms with Crippen LogP contribution in [0.15, 0.2) is 30.3 Å². The Balaban J connectivity index is 2.06. The van der Waals surface area contributed by atoms with Crippen molar-refractivity contribution in [1.82, 2.24) is 9.78 Å². The van der Waals surface area contributed by atoms with Crippen LogP contribution in [0.1, 0.15) is 30.8 Å². The van der Waals surface area contributed by atoms with Crippen molar-refractivity contribution >= 4 is 11.6 Å². The molecular formula is C16H22ClN3. The van der Waals surface area contributed by atoms with Gasteiger partial charge in [0.05, 0.1) is 5.69 Å². The van der Waals surface area contributed by atoms with Gasteiger partial charge >= 0.3 is 0 Å². The van der Waals surface area contributed by atoms with Crippen molar-refractivity contribution in [3.05, 3.63) is 52.3 Å². The largest absolute Gasteiger partial charge is 0.327 e. The number of aryl methyl sites for hydroxylation is 2. The number of halogens is 1. The Morgan fingerprint density at radius 1 is 1.25 bits per heavy atom. The van der Waals surface area contributed by atoms with E-state index in [1.54, 1.807) is 0 Å². The zero-order valence-corrected chi connectivity index (χ0v) is 12.9. The first kappa shape index (κ1) is 15.1. The first-order chi connectivity index (χ1) is 9.63. The third kappa shape index (κ3) is 3.62. The number of nitrogens with zero attached hydrogens (tertiary/aromatic N) is 2. The van der Waals surface area contributed by atoms with E-state index in [4.69, 9.17) is 17.3 Å². The molecule has 1 atom stereocenters. The highest BCUT2D eigenvalue weighted by Crippen LogP contribution is 2.17. The molecule has 2 N–H and O–H groups in total. The maximum Gasteiger partial charge on any atom is 0.0624 e. The fourth-order valence-electron chi connectivity index (χ4n) is 2.41. The van der Waals surface area contributed by atoms with Gasteiger partial charge in [0.25, 0.3) is 0 Å². The first-order valence-electron chi connectivity index (χ1n) is 7.18. The van der Waals surface area contributed by atoms with Gasteiger partial charge in [0.2, 0.25) is 0 Å². The highest BCUT2D eigenvalue weighted by Gasteiger charge is 2.12. The van der Waals surface area contributed by atoms with Crippen molar-refractivity contribution in [1.29, 1.82) is 0 Å². The van der Waals surface area contributed by atoms with E-state index in [1.165, 1.54) is 5.69 Å². The minimum atomic E-state index is 0.0570. The Hall–Kier alpha value is -1.32. The number of hydrogen-bond acceptors (Lipinski definition) is 2. The zero-order valence-electron chi connectivity index (χ0n) is 12.1. The minimum Gasteiger partial charge on any atom is -0.327 e. The SMILES string of the molecule is CCc1cc(CC(N)Cc2ccccc2Cl)n(CC)n1. The molecule has 0 fully saturated rings. The molecule has 3 nitrogen and oxygen atoms in total. The van der Waals surface area contributed by atoms with Crippen LogP contribution in [0.25, 0.3) is 0 Å². The summed E-state index contributed by atoms with van der Waals surface area (Å²) in [6.07, 6.45) is 2.57. The first-order valence-corrected chi connectivity index (χ1v) is 7.56. The van der Waals surface area contributed by atoms with Gasteiger partial charge in [0.15, 0.2) is 0 Å². The summed E-state index contributed by atoms with van der Waals surface area (Å²) in [7, 11) is 0. The van der Waals surface area contributed by atoms with E-state index in [2.05, 4.69) is 25.0 Å². The average Bonchev–Trinajstić information content (AvgIpc) is 2.83. The smallest absolute Gasteiger partial charge is 0.0624 e. The summed E-state index contributed by atoms with van der Waals surface area (Å²) in [5, 5.41) is 5.35. The van der Waals surface area contributed by atoms with Crippen molar-refractivity contribution in [3.63, 3.8) is 0 Å². The number of hydrogen-bond donors (Lipinski definition) is 1. The van der Waals surface area contributed by atoms with Crippen LogP contribution in [0.2, 0.25) is 5.02 Å². The zero-order chi connectivity index (χ0) is 14.5. The lowest BCUT2D eigenvalue weighted by Crippen LogP contribution is -2.27. The third-order valence-electron chi connectivity index (χ3n) is 3.49. The number of nitrogens with two attached hydrogens (primary N) is 1. The number of aromatic nitrogens is 2. The van der Waals surface area contributed by atoms with Crippen molar-refractivity contribution in [2.75, 3.05) is 0 Å². The fourth-order valence-corrected chi connectivity index (χ4v) is 2.63. The van der Waals surface area contributed by atoms with E-state index in [-0.39, 0.29) is 6.04 Å². The lowest BCUT2D eigenvalue weighted by Gasteiger charge is -2.13. The van der Waals surface area contributed by atoms with E-state index in [9.17, 15) is 0 Å². The van der Waals surface area contributed by atoms with Gasteiger partial charge in [-0.25, -0.2) is 0 Å². The standard InChI is InChI=1S/C16H22ClN3/c1-3-14-11-15(20(4-2)19-14)10-13(18)9-12-7-5-6-8-16(12)17/h5-8,11,13H,3-4,9-10,18H2,1-2H3. The normalized spacial score (nSPS) is 12.6. The van der Waals surface area contributed by atoms with E-state index in [0.717, 1.165) is 42.1 Å². The number of rotatable bonds is 6. The quantitative estimate of drug-likeness (QED) is 0.888. The molecule has 1 aromatic heterocycles. The molecule has 0 amide bonds. The Morgan fingerprint density at radius 3 is 2.65 bits per heavy atom. The van der Waals surface area contributed by atoms with E-state index >= 15 is 0 Å². The van der Waals surface area contributed by atoms with Crippen LogP contribution >= 0.6 is 11.6 Å². The van der Waals surface area contributed by atoms with Crippen molar-refractivity contribution < 1.29 is 0 Å². The van der Waals surface area contributed by atoms with Gasteiger partial charge in [0, 0.05) is 29.7 Å². The molecule has 0 saturated heterocycles. The highest BCUT2D eigenvalue weighted by atomic mass is 35.5. The van der Waals surface area contributed by atoms with Crippen molar-refractivity contribution in [2.45, 2.75) is 45.7 Å². The molecule has 0 aliphatic heterocycles. The summed E-state index contributed by atoms with van der Waals surface area (Å²) in [5.41, 5.74) is 9.74. The van der Waals surface area contributed by atoms with Gasteiger partial charge in [-0.2, -0.15) is 5.10 Å². The second-order valence-corrected chi connectivity index (χ2v) is 5.46. The summed E-state index contributed by atoms with van der Waals surface area (Å²) in [4.78, 5) is 0. The third-order valence-corrected chi connectivity index (χ3v) is 3.86. The van der Waals surface area contributed by atoms with E-state index < -0.39 is 0 Å². The molecule has 0 radical (unpaired) electrons. The van der Waals surface area contributed by atoms with Gasteiger partial charge in [0.1, 0.15) is 0 Å². The van der Waals surface area contributed by atoms with Crippen LogP contribution in [0.3, 0.4) is 0 Å². The molecule has 1 heterocycles. The summed E-state index contributed by atoms with van der Waals surface area (Å²) in [6, 6.07) is 10.1. The molecular weight excluding hydrogens is 270 g/mol. The van der Waals surface area contributed by atoms with Crippen LogP contribution in [0.4, 0.5) is 0 Å². The molecule has 20 heavy (non-hydrogen) atoms. The van der Waals surface area contributed by atoms with Crippen LogP contribution in [0, 0.1) is 0 Å².